The monoisotopic (exact) mass is 472 g/mol. The Kier molecular flexibility index (Phi) is 6.42. The third-order valence-corrected chi connectivity index (χ3v) is 8.08. The van der Waals surface area contributed by atoms with E-state index in [0.717, 1.165) is 19.1 Å². The van der Waals surface area contributed by atoms with Crippen molar-refractivity contribution < 1.29 is 26.4 Å². The number of nitrogens with zero attached hydrogens (tertiary/aromatic N) is 1. The van der Waals surface area contributed by atoms with Crippen molar-refractivity contribution in [2.45, 2.75) is 22.6 Å². The topological polar surface area (TPSA) is 110 Å². The molecular weight excluding hydrogens is 452 g/mol. The molecule has 2 aromatic rings. The largest absolute Gasteiger partial charge is 0.495 e. The Labute approximate surface area is 180 Å². The lowest BCUT2D eigenvalue weighted by molar-refractivity contribution is 0.102. The number of methoxy groups -OCH3 is 1. The normalized spacial score (nSPS) is 15.2. The van der Waals surface area contributed by atoms with Crippen molar-refractivity contribution in [3.63, 3.8) is 0 Å². The Morgan fingerprint density at radius 3 is 2.33 bits per heavy atom. The number of amides is 1. The molecule has 0 aliphatic carbocycles. The molecule has 8 nitrogen and oxygen atoms in total. The van der Waals surface area contributed by atoms with E-state index in [4.69, 9.17) is 16.3 Å². The number of halogens is 1. The van der Waals surface area contributed by atoms with Crippen LogP contribution in [0.3, 0.4) is 0 Å². The Hall–Kier alpha value is -2.14. The van der Waals surface area contributed by atoms with Gasteiger partial charge in [0.15, 0.2) is 9.84 Å². The molecule has 1 aliphatic rings. The van der Waals surface area contributed by atoms with Crippen LogP contribution in [0.25, 0.3) is 0 Å². The Morgan fingerprint density at radius 1 is 1.07 bits per heavy atom. The SMILES string of the molecule is COc1ccc(C(=O)Nc2cc(S(C)(=O)=O)ccc2Cl)cc1S(=O)(=O)N1CCCC1. The summed E-state index contributed by atoms with van der Waals surface area (Å²) in [6.07, 6.45) is 2.59. The van der Waals surface area contributed by atoms with Gasteiger partial charge in [0.1, 0.15) is 10.6 Å². The van der Waals surface area contributed by atoms with E-state index in [-0.39, 0.29) is 31.8 Å². The molecule has 0 atom stereocenters. The molecular formula is C19H21ClN2O6S2. The van der Waals surface area contributed by atoms with Crippen LogP contribution >= 0.6 is 11.6 Å². The number of hydrogen-bond acceptors (Lipinski definition) is 6. The summed E-state index contributed by atoms with van der Waals surface area (Å²) in [6.45, 7) is 0.825. The van der Waals surface area contributed by atoms with Gasteiger partial charge in [-0.1, -0.05) is 11.6 Å². The molecule has 3 rings (SSSR count). The molecule has 1 heterocycles. The van der Waals surface area contributed by atoms with Crippen LogP contribution in [0, 0.1) is 0 Å². The number of sulfonamides is 1. The van der Waals surface area contributed by atoms with Crippen molar-refractivity contribution >= 4 is 43.1 Å². The number of ether oxygens (including phenoxy) is 1. The summed E-state index contributed by atoms with van der Waals surface area (Å²) in [7, 11) is -5.96. The molecule has 0 aromatic heterocycles. The molecule has 0 saturated carbocycles. The van der Waals surface area contributed by atoms with E-state index in [2.05, 4.69) is 5.32 Å². The van der Waals surface area contributed by atoms with Crippen LogP contribution in [-0.4, -0.2) is 53.5 Å². The second-order valence-electron chi connectivity index (χ2n) is 6.84. The molecule has 0 bridgehead atoms. The Balaban J connectivity index is 1.96. The van der Waals surface area contributed by atoms with Crippen LogP contribution in [0.15, 0.2) is 46.2 Å². The quantitative estimate of drug-likeness (QED) is 0.692. The lowest BCUT2D eigenvalue weighted by atomic mass is 10.2. The number of nitrogens with one attached hydrogen (secondary N) is 1. The zero-order chi connectivity index (χ0) is 22.1. The number of benzene rings is 2. The first-order chi connectivity index (χ1) is 14.0. The predicted octanol–water partition coefficient (Wildman–Crippen LogP) is 2.79. The van der Waals surface area contributed by atoms with E-state index in [1.165, 1.54) is 47.8 Å². The van der Waals surface area contributed by atoms with Crippen LogP contribution in [0.2, 0.25) is 5.02 Å². The van der Waals surface area contributed by atoms with E-state index in [1.807, 2.05) is 0 Å². The van der Waals surface area contributed by atoms with Gasteiger partial charge in [0.2, 0.25) is 10.0 Å². The predicted molar refractivity (Wildman–Crippen MR) is 114 cm³/mol. The molecule has 0 radical (unpaired) electrons. The second-order valence-corrected chi connectivity index (χ2v) is 11.2. The highest BCUT2D eigenvalue weighted by molar-refractivity contribution is 7.90. The van der Waals surface area contributed by atoms with Crippen LogP contribution in [0.4, 0.5) is 5.69 Å². The maximum absolute atomic E-state index is 13.0. The maximum Gasteiger partial charge on any atom is 0.255 e. The van der Waals surface area contributed by atoms with E-state index in [1.54, 1.807) is 0 Å². The molecule has 0 unspecified atom stereocenters. The molecule has 11 heteroatoms. The molecule has 2 aromatic carbocycles. The highest BCUT2D eigenvalue weighted by atomic mass is 35.5. The molecule has 162 valence electrons. The molecule has 1 saturated heterocycles. The van der Waals surface area contributed by atoms with Crippen molar-refractivity contribution in [3.8, 4) is 5.75 Å². The number of sulfone groups is 1. The summed E-state index contributed by atoms with van der Waals surface area (Å²) < 4.78 is 56.0. The molecule has 1 aliphatic heterocycles. The standard InChI is InChI=1S/C19H21ClN2O6S2/c1-28-17-8-5-13(11-18(17)30(26,27)22-9-3-4-10-22)19(23)21-16-12-14(29(2,24)25)6-7-15(16)20/h5-8,11-12H,3-4,9-10H2,1-2H3,(H,21,23). The second kappa shape index (κ2) is 8.54. The minimum Gasteiger partial charge on any atom is -0.495 e. The van der Waals surface area contributed by atoms with Gasteiger partial charge in [-0.15, -0.1) is 0 Å². The lowest BCUT2D eigenvalue weighted by Gasteiger charge is -2.18. The summed E-state index contributed by atoms with van der Waals surface area (Å²) in [5.74, 6) is -0.501. The first kappa shape index (κ1) is 22.5. The van der Waals surface area contributed by atoms with Gasteiger partial charge >= 0.3 is 0 Å². The minimum absolute atomic E-state index is 0.00534. The summed E-state index contributed by atoms with van der Waals surface area (Å²) >= 11 is 6.08. The average molecular weight is 473 g/mol. The van der Waals surface area contributed by atoms with Crippen LogP contribution < -0.4 is 10.1 Å². The third kappa shape index (κ3) is 4.61. The first-order valence-electron chi connectivity index (χ1n) is 9.03. The summed E-state index contributed by atoms with van der Waals surface area (Å²) in [6, 6.07) is 8.03. The fourth-order valence-corrected chi connectivity index (χ4v) is 5.62. The number of anilines is 1. The summed E-state index contributed by atoms with van der Waals surface area (Å²) in [5.41, 5.74) is 0.166. The van der Waals surface area contributed by atoms with E-state index < -0.39 is 25.8 Å². The number of hydrogen-bond donors (Lipinski definition) is 1. The lowest BCUT2D eigenvalue weighted by Crippen LogP contribution is -2.28. The van der Waals surface area contributed by atoms with E-state index in [0.29, 0.717) is 13.1 Å². The highest BCUT2D eigenvalue weighted by Gasteiger charge is 2.30. The molecule has 1 N–H and O–H groups in total. The van der Waals surface area contributed by atoms with Crippen molar-refractivity contribution in [3.05, 3.63) is 47.0 Å². The Bertz CT molecular complexity index is 1190. The molecule has 30 heavy (non-hydrogen) atoms. The van der Waals surface area contributed by atoms with Gasteiger partial charge in [-0.3, -0.25) is 4.79 Å². The van der Waals surface area contributed by atoms with Gasteiger partial charge in [-0.2, -0.15) is 4.31 Å². The van der Waals surface area contributed by atoms with Crippen LogP contribution in [0.5, 0.6) is 5.75 Å². The minimum atomic E-state index is -3.82. The molecule has 1 amide bonds. The van der Waals surface area contributed by atoms with Crippen LogP contribution in [-0.2, 0) is 19.9 Å². The number of carbonyl (C=O) groups is 1. The van der Waals surface area contributed by atoms with Gasteiger partial charge in [-0.05, 0) is 49.2 Å². The smallest absolute Gasteiger partial charge is 0.255 e. The number of rotatable bonds is 6. The average Bonchev–Trinajstić information content (AvgIpc) is 3.24. The fourth-order valence-electron chi connectivity index (χ4n) is 3.11. The molecule has 1 fully saturated rings. The van der Waals surface area contributed by atoms with E-state index >= 15 is 0 Å². The van der Waals surface area contributed by atoms with Gasteiger partial charge in [0.25, 0.3) is 5.91 Å². The van der Waals surface area contributed by atoms with Crippen molar-refractivity contribution in [1.29, 1.82) is 0 Å². The van der Waals surface area contributed by atoms with Gasteiger partial charge in [-0.25, -0.2) is 16.8 Å². The maximum atomic E-state index is 13.0. The van der Waals surface area contributed by atoms with Gasteiger partial charge < -0.3 is 10.1 Å². The zero-order valence-corrected chi connectivity index (χ0v) is 18.8. The Morgan fingerprint density at radius 2 is 1.73 bits per heavy atom. The van der Waals surface area contributed by atoms with Crippen molar-refractivity contribution in [1.82, 2.24) is 4.31 Å². The highest BCUT2D eigenvalue weighted by Crippen LogP contribution is 2.31. The van der Waals surface area contributed by atoms with Crippen molar-refractivity contribution in [2.24, 2.45) is 0 Å². The third-order valence-electron chi connectivity index (χ3n) is 4.72. The van der Waals surface area contributed by atoms with Crippen LogP contribution in [0.1, 0.15) is 23.2 Å². The number of carbonyl (C=O) groups excluding carboxylic acids is 1. The van der Waals surface area contributed by atoms with Crippen molar-refractivity contribution in [2.75, 3.05) is 31.8 Å². The first-order valence-corrected chi connectivity index (χ1v) is 12.7. The van der Waals surface area contributed by atoms with E-state index in [9.17, 15) is 21.6 Å². The van der Waals surface area contributed by atoms with Gasteiger partial charge in [0.05, 0.1) is 22.7 Å². The molecule has 0 spiro atoms. The fraction of sp³-hybridized carbons (Fsp3) is 0.316. The van der Waals surface area contributed by atoms with Gasteiger partial charge in [0, 0.05) is 24.9 Å². The summed E-state index contributed by atoms with van der Waals surface area (Å²) in [5, 5.41) is 2.69. The summed E-state index contributed by atoms with van der Waals surface area (Å²) in [4.78, 5) is 12.7. The zero-order valence-electron chi connectivity index (χ0n) is 16.4.